The highest BCUT2D eigenvalue weighted by Gasteiger charge is 2.43. The Morgan fingerprint density at radius 1 is 1.17 bits per heavy atom. The van der Waals surface area contributed by atoms with Crippen molar-refractivity contribution < 1.29 is 27.4 Å². The number of hydrogen-bond donors (Lipinski definition) is 1. The standard InChI is InChI=1S/C23H30O6S/c1-17(2)15-18(3)22(30(25,26)20-7-5-4-6-8-20)21(24)9-11-23(28-13-14-29-23)19-10-12-27-16-19/h4-8,10,12,15-16,18,21-22,24H,9,11,13-14H2,1-3H3. The summed E-state index contributed by atoms with van der Waals surface area (Å²) in [5.41, 5.74) is 1.73. The Labute approximate surface area is 178 Å². The fourth-order valence-electron chi connectivity index (χ4n) is 4.12. The van der Waals surface area contributed by atoms with Crippen LogP contribution in [0.4, 0.5) is 0 Å². The fraction of sp³-hybridized carbons (Fsp3) is 0.478. The van der Waals surface area contributed by atoms with Gasteiger partial charge in [-0.15, -0.1) is 0 Å². The maximum Gasteiger partial charge on any atom is 0.198 e. The number of hydrogen-bond acceptors (Lipinski definition) is 6. The van der Waals surface area contributed by atoms with Gasteiger partial charge in [0.15, 0.2) is 15.6 Å². The van der Waals surface area contributed by atoms with Crippen LogP contribution >= 0.6 is 0 Å². The molecule has 0 spiro atoms. The number of ether oxygens (including phenoxy) is 2. The average Bonchev–Trinajstić information content (AvgIpc) is 3.39. The second-order valence-electron chi connectivity index (χ2n) is 7.99. The summed E-state index contributed by atoms with van der Waals surface area (Å²) >= 11 is 0. The molecule has 1 aliphatic heterocycles. The summed E-state index contributed by atoms with van der Waals surface area (Å²) in [6, 6.07) is 10.1. The number of sulfone groups is 1. The summed E-state index contributed by atoms with van der Waals surface area (Å²) in [5.74, 6) is -1.39. The predicted octanol–water partition coefficient (Wildman–Crippen LogP) is 4.07. The molecule has 1 N–H and O–H groups in total. The van der Waals surface area contributed by atoms with E-state index >= 15 is 0 Å². The molecule has 7 heteroatoms. The van der Waals surface area contributed by atoms with Crippen molar-refractivity contribution in [3.05, 3.63) is 66.1 Å². The first-order valence-corrected chi connectivity index (χ1v) is 11.7. The van der Waals surface area contributed by atoms with Gasteiger partial charge in [-0.25, -0.2) is 8.42 Å². The van der Waals surface area contributed by atoms with Crippen LogP contribution in [-0.4, -0.2) is 38.1 Å². The summed E-state index contributed by atoms with van der Waals surface area (Å²) in [4.78, 5) is 0.209. The maximum atomic E-state index is 13.4. The highest BCUT2D eigenvalue weighted by Crippen LogP contribution is 2.38. The van der Waals surface area contributed by atoms with Gasteiger partial charge in [0.2, 0.25) is 0 Å². The minimum atomic E-state index is -3.76. The first-order valence-electron chi connectivity index (χ1n) is 10.2. The van der Waals surface area contributed by atoms with E-state index in [4.69, 9.17) is 13.9 Å². The Morgan fingerprint density at radius 3 is 2.40 bits per heavy atom. The Bertz CT molecular complexity index is 923. The normalized spacial score (nSPS) is 19.2. The number of allylic oxidation sites excluding steroid dienone is 2. The average molecular weight is 435 g/mol. The van der Waals surface area contributed by atoms with Crippen LogP contribution < -0.4 is 0 Å². The van der Waals surface area contributed by atoms with Crippen molar-refractivity contribution in [2.75, 3.05) is 13.2 Å². The molecular formula is C23H30O6S. The van der Waals surface area contributed by atoms with Crippen LogP contribution in [-0.2, 0) is 25.1 Å². The monoisotopic (exact) mass is 434 g/mol. The molecular weight excluding hydrogens is 404 g/mol. The van der Waals surface area contributed by atoms with Gasteiger partial charge in [0.05, 0.1) is 42.0 Å². The van der Waals surface area contributed by atoms with Crippen LogP contribution in [0.1, 0.15) is 39.2 Å². The van der Waals surface area contributed by atoms with Gasteiger partial charge < -0.3 is 19.0 Å². The summed E-state index contributed by atoms with van der Waals surface area (Å²) in [7, 11) is -3.76. The van der Waals surface area contributed by atoms with E-state index in [1.165, 1.54) is 6.26 Å². The molecule has 6 nitrogen and oxygen atoms in total. The van der Waals surface area contributed by atoms with E-state index in [2.05, 4.69) is 0 Å². The molecule has 1 aliphatic rings. The van der Waals surface area contributed by atoms with Crippen LogP contribution in [0.2, 0.25) is 0 Å². The number of aliphatic hydroxyl groups is 1. The third-order valence-electron chi connectivity index (χ3n) is 5.41. The molecule has 1 aromatic heterocycles. The molecule has 2 aromatic rings. The molecule has 1 fully saturated rings. The molecule has 0 saturated carbocycles. The number of furan rings is 1. The quantitative estimate of drug-likeness (QED) is 0.599. The zero-order chi connectivity index (χ0) is 21.8. The summed E-state index contributed by atoms with van der Waals surface area (Å²) in [5, 5.41) is 10.1. The third kappa shape index (κ3) is 4.86. The number of benzene rings is 1. The molecule has 3 atom stereocenters. The predicted molar refractivity (Wildman–Crippen MR) is 114 cm³/mol. The molecule has 2 heterocycles. The summed E-state index contributed by atoms with van der Waals surface area (Å²) in [6.45, 7) is 6.53. The summed E-state index contributed by atoms with van der Waals surface area (Å²) < 4.78 is 43.8. The van der Waals surface area contributed by atoms with Crippen molar-refractivity contribution in [2.24, 2.45) is 5.92 Å². The van der Waals surface area contributed by atoms with E-state index < -0.39 is 27.0 Å². The lowest BCUT2D eigenvalue weighted by atomic mass is 9.94. The molecule has 164 valence electrons. The SMILES string of the molecule is CC(C)=CC(C)C(C(O)CCC1(c2ccoc2)OCCO1)S(=O)(=O)c1ccccc1. The molecule has 1 saturated heterocycles. The minimum absolute atomic E-state index is 0.197. The second kappa shape index (κ2) is 9.47. The van der Waals surface area contributed by atoms with Gasteiger partial charge in [0.25, 0.3) is 0 Å². The zero-order valence-corrected chi connectivity index (χ0v) is 18.5. The zero-order valence-electron chi connectivity index (χ0n) is 17.7. The van der Waals surface area contributed by atoms with Crippen molar-refractivity contribution in [3.8, 4) is 0 Å². The first-order chi connectivity index (χ1) is 14.3. The van der Waals surface area contributed by atoms with Crippen molar-refractivity contribution in [2.45, 2.75) is 55.6 Å². The van der Waals surface area contributed by atoms with E-state index in [1.807, 2.05) is 26.8 Å². The van der Waals surface area contributed by atoms with E-state index in [0.717, 1.165) is 11.1 Å². The Balaban J connectivity index is 1.87. The van der Waals surface area contributed by atoms with Gasteiger partial charge in [-0.3, -0.25) is 0 Å². The Kier molecular flexibility index (Phi) is 7.18. The van der Waals surface area contributed by atoms with Crippen molar-refractivity contribution in [1.82, 2.24) is 0 Å². The largest absolute Gasteiger partial charge is 0.472 e. The van der Waals surface area contributed by atoms with Crippen molar-refractivity contribution in [1.29, 1.82) is 0 Å². The van der Waals surface area contributed by atoms with Crippen LogP contribution in [0.25, 0.3) is 0 Å². The molecule has 3 rings (SSSR count). The molecule has 30 heavy (non-hydrogen) atoms. The molecule has 0 aliphatic carbocycles. The Hall–Kier alpha value is -1.93. The van der Waals surface area contributed by atoms with Gasteiger partial charge in [0.1, 0.15) is 0 Å². The lowest BCUT2D eigenvalue weighted by Gasteiger charge is -2.31. The third-order valence-corrected chi connectivity index (χ3v) is 7.80. The van der Waals surface area contributed by atoms with Crippen LogP contribution in [0, 0.1) is 5.92 Å². The van der Waals surface area contributed by atoms with Gasteiger partial charge >= 0.3 is 0 Å². The maximum absolute atomic E-state index is 13.4. The topological polar surface area (TPSA) is 86.0 Å². The molecule has 0 bridgehead atoms. The summed E-state index contributed by atoms with van der Waals surface area (Å²) in [6.07, 6.45) is 4.40. The molecule has 0 radical (unpaired) electrons. The smallest absolute Gasteiger partial charge is 0.198 e. The van der Waals surface area contributed by atoms with Crippen molar-refractivity contribution in [3.63, 3.8) is 0 Å². The van der Waals surface area contributed by atoms with E-state index in [1.54, 1.807) is 42.7 Å². The Morgan fingerprint density at radius 2 is 1.83 bits per heavy atom. The van der Waals surface area contributed by atoms with E-state index in [0.29, 0.717) is 19.6 Å². The van der Waals surface area contributed by atoms with Gasteiger partial charge in [-0.1, -0.05) is 36.8 Å². The lowest BCUT2D eigenvalue weighted by molar-refractivity contribution is -0.175. The van der Waals surface area contributed by atoms with Crippen LogP contribution in [0.5, 0.6) is 0 Å². The lowest BCUT2D eigenvalue weighted by Crippen LogP contribution is -2.40. The highest BCUT2D eigenvalue weighted by atomic mass is 32.2. The molecule has 1 aromatic carbocycles. The second-order valence-corrected chi connectivity index (χ2v) is 10.1. The minimum Gasteiger partial charge on any atom is -0.472 e. The fourth-order valence-corrected chi connectivity index (χ4v) is 6.17. The number of aliphatic hydroxyl groups excluding tert-OH is 1. The molecule has 0 amide bonds. The van der Waals surface area contributed by atoms with Gasteiger partial charge in [-0.2, -0.15) is 0 Å². The first kappa shape index (κ1) is 22.7. The van der Waals surface area contributed by atoms with Crippen LogP contribution in [0.3, 0.4) is 0 Å². The van der Waals surface area contributed by atoms with E-state index in [-0.39, 0.29) is 17.2 Å². The molecule has 3 unspecified atom stereocenters. The van der Waals surface area contributed by atoms with Gasteiger partial charge in [-0.05, 0) is 44.4 Å². The van der Waals surface area contributed by atoms with Crippen LogP contribution in [0.15, 0.2) is 69.9 Å². The van der Waals surface area contributed by atoms with Crippen molar-refractivity contribution >= 4 is 9.84 Å². The highest BCUT2D eigenvalue weighted by molar-refractivity contribution is 7.92. The van der Waals surface area contributed by atoms with E-state index in [9.17, 15) is 13.5 Å². The van der Waals surface area contributed by atoms with Gasteiger partial charge in [0, 0.05) is 12.0 Å². The number of rotatable bonds is 9.